The average molecular weight is 386 g/mol. The van der Waals surface area contributed by atoms with Gasteiger partial charge in [-0.25, -0.2) is 13.2 Å². The monoisotopic (exact) mass is 386 g/mol. The number of rotatable bonds is 6. The molecule has 1 aliphatic heterocycles. The van der Waals surface area contributed by atoms with Crippen molar-refractivity contribution in [3.05, 3.63) is 28.3 Å². The molecule has 2 N–H and O–H groups in total. The fourth-order valence-corrected chi connectivity index (χ4v) is 3.91. The molecule has 11 nitrogen and oxygen atoms in total. The van der Waals surface area contributed by atoms with Gasteiger partial charge in [-0.3, -0.25) is 20.2 Å². The molecule has 0 aromatic heterocycles. The molecule has 1 aromatic rings. The number of ether oxygens (including phenoxy) is 1. The molecule has 0 atom stereocenters. The smallest absolute Gasteiger partial charge is 0.321 e. The van der Waals surface area contributed by atoms with E-state index in [-0.39, 0.29) is 10.6 Å². The Labute approximate surface area is 149 Å². The van der Waals surface area contributed by atoms with E-state index in [0.29, 0.717) is 13.1 Å². The zero-order valence-electron chi connectivity index (χ0n) is 13.9. The lowest BCUT2D eigenvalue weighted by Gasteiger charge is -2.15. The number of carbonyl (C=O) groups excluding carboxylic acids is 2. The lowest BCUT2D eigenvalue weighted by molar-refractivity contribution is -0.386. The zero-order chi connectivity index (χ0) is 19.3. The molecule has 1 fully saturated rings. The Balaban J connectivity index is 2.20. The highest BCUT2D eigenvalue weighted by molar-refractivity contribution is 7.89. The van der Waals surface area contributed by atoms with Crippen LogP contribution in [0, 0.1) is 10.1 Å². The minimum Gasteiger partial charge on any atom is -0.477 e. The summed E-state index contributed by atoms with van der Waals surface area (Å²) in [5, 5.41) is 15.3. The quantitative estimate of drug-likeness (QED) is 0.524. The van der Waals surface area contributed by atoms with Crippen LogP contribution < -0.4 is 15.4 Å². The summed E-state index contributed by atoms with van der Waals surface area (Å²) >= 11 is 0. The number of imide groups is 1. The first kappa shape index (κ1) is 19.6. The molecule has 3 amide bonds. The maximum absolute atomic E-state index is 12.5. The molecule has 1 aliphatic rings. The van der Waals surface area contributed by atoms with Crippen LogP contribution in [-0.2, 0) is 14.8 Å². The fourth-order valence-electron chi connectivity index (χ4n) is 2.37. The number of hydrogen-bond donors (Lipinski definition) is 2. The van der Waals surface area contributed by atoms with Crippen molar-refractivity contribution in [3.63, 3.8) is 0 Å². The van der Waals surface area contributed by atoms with E-state index in [1.54, 1.807) is 0 Å². The van der Waals surface area contributed by atoms with Gasteiger partial charge in [0, 0.05) is 26.2 Å². The highest BCUT2D eigenvalue weighted by atomic mass is 32.2. The minimum atomic E-state index is -3.82. The summed E-state index contributed by atoms with van der Waals surface area (Å²) in [6.07, 6.45) is 1.48. The van der Waals surface area contributed by atoms with E-state index in [2.05, 4.69) is 5.32 Å². The zero-order valence-corrected chi connectivity index (χ0v) is 14.7. The number of nitro benzene ring substituents is 1. The molecule has 0 spiro atoms. The van der Waals surface area contributed by atoms with Gasteiger partial charge in [-0.05, 0) is 25.0 Å². The number of hydrogen-bond acceptors (Lipinski definition) is 7. The van der Waals surface area contributed by atoms with Gasteiger partial charge < -0.3 is 10.1 Å². The molecule has 0 radical (unpaired) electrons. The second kappa shape index (κ2) is 8.10. The number of nitro groups is 1. The average Bonchev–Trinajstić information content (AvgIpc) is 3.15. The summed E-state index contributed by atoms with van der Waals surface area (Å²) in [7, 11) is -2.51. The first-order chi connectivity index (χ1) is 12.3. The summed E-state index contributed by atoms with van der Waals surface area (Å²) in [6.45, 7) is 0.0918. The number of sulfonamides is 1. The van der Waals surface area contributed by atoms with Crippen molar-refractivity contribution in [1.82, 2.24) is 14.9 Å². The fraction of sp³-hybridized carbons (Fsp3) is 0.429. The SMILES string of the molecule is CNC(=O)NC(=O)COc1ccc(S(=O)(=O)N2CCCC2)cc1[N+](=O)[O-]. The molecule has 1 saturated heterocycles. The Hall–Kier alpha value is -2.73. The molecule has 142 valence electrons. The Bertz CT molecular complexity index is 819. The lowest BCUT2D eigenvalue weighted by Crippen LogP contribution is -2.40. The number of nitrogens with zero attached hydrogens (tertiary/aromatic N) is 2. The largest absolute Gasteiger partial charge is 0.477 e. The summed E-state index contributed by atoms with van der Waals surface area (Å²) in [5.74, 6) is -1.09. The number of urea groups is 1. The van der Waals surface area contributed by atoms with Gasteiger partial charge in [-0.2, -0.15) is 4.31 Å². The second-order valence-electron chi connectivity index (χ2n) is 5.41. The minimum absolute atomic E-state index is 0.215. The van der Waals surface area contributed by atoms with Gasteiger partial charge in [-0.15, -0.1) is 0 Å². The van der Waals surface area contributed by atoms with E-state index in [0.717, 1.165) is 25.0 Å². The molecule has 0 aliphatic carbocycles. The van der Waals surface area contributed by atoms with Crippen molar-refractivity contribution in [2.75, 3.05) is 26.7 Å². The maximum atomic E-state index is 12.5. The highest BCUT2D eigenvalue weighted by Gasteiger charge is 2.30. The summed E-state index contributed by atoms with van der Waals surface area (Å²) in [4.78, 5) is 32.7. The summed E-state index contributed by atoms with van der Waals surface area (Å²) in [5.41, 5.74) is -0.585. The van der Waals surface area contributed by atoms with Crippen molar-refractivity contribution < 1.29 is 27.7 Å². The lowest BCUT2D eigenvalue weighted by atomic mass is 10.3. The van der Waals surface area contributed by atoms with Crippen LogP contribution in [0.2, 0.25) is 0 Å². The predicted molar refractivity (Wildman–Crippen MR) is 89.2 cm³/mol. The van der Waals surface area contributed by atoms with E-state index in [1.807, 2.05) is 5.32 Å². The van der Waals surface area contributed by atoms with Crippen molar-refractivity contribution >= 4 is 27.6 Å². The molecule has 2 rings (SSSR count). The number of nitrogens with one attached hydrogen (secondary N) is 2. The predicted octanol–water partition coefficient (Wildman–Crippen LogP) is 0.214. The van der Waals surface area contributed by atoms with Crippen LogP contribution in [0.3, 0.4) is 0 Å². The van der Waals surface area contributed by atoms with E-state index < -0.39 is 39.2 Å². The van der Waals surface area contributed by atoms with Gasteiger partial charge >= 0.3 is 11.7 Å². The first-order valence-electron chi connectivity index (χ1n) is 7.68. The van der Waals surface area contributed by atoms with Gasteiger partial charge in [0.15, 0.2) is 12.4 Å². The third kappa shape index (κ3) is 4.46. The van der Waals surface area contributed by atoms with Gasteiger partial charge in [0.05, 0.1) is 9.82 Å². The topological polar surface area (TPSA) is 148 Å². The van der Waals surface area contributed by atoms with Crippen molar-refractivity contribution in [1.29, 1.82) is 0 Å². The molecule has 1 heterocycles. The van der Waals surface area contributed by atoms with Crippen LogP contribution >= 0.6 is 0 Å². The standard InChI is InChI=1S/C14H18N4O7S/c1-15-14(20)16-13(19)9-25-12-5-4-10(8-11(12)18(21)22)26(23,24)17-6-2-3-7-17/h4-5,8H,2-3,6-7,9H2,1H3,(H2,15,16,19,20). The van der Waals surface area contributed by atoms with Crippen LogP contribution in [-0.4, -0.2) is 56.3 Å². The molecular weight excluding hydrogens is 368 g/mol. The van der Waals surface area contributed by atoms with Gasteiger partial charge in [-0.1, -0.05) is 0 Å². The van der Waals surface area contributed by atoms with Gasteiger partial charge in [0.2, 0.25) is 10.0 Å². The van der Waals surface area contributed by atoms with Crippen molar-refractivity contribution in [3.8, 4) is 5.75 Å². The summed E-state index contributed by atoms with van der Waals surface area (Å²) in [6, 6.07) is 2.46. The molecule has 1 aromatic carbocycles. The van der Waals surface area contributed by atoms with Crippen LogP contribution in [0.1, 0.15) is 12.8 Å². The van der Waals surface area contributed by atoms with Crippen LogP contribution in [0.25, 0.3) is 0 Å². The normalized spacial score (nSPS) is 14.7. The van der Waals surface area contributed by atoms with E-state index in [9.17, 15) is 28.1 Å². The Morgan fingerprint density at radius 3 is 2.54 bits per heavy atom. The molecule has 26 heavy (non-hydrogen) atoms. The van der Waals surface area contributed by atoms with Gasteiger partial charge in [0.1, 0.15) is 0 Å². The van der Waals surface area contributed by atoms with Gasteiger partial charge in [0.25, 0.3) is 5.91 Å². The molecule has 0 unspecified atom stereocenters. The Kier molecular flexibility index (Phi) is 6.10. The number of amides is 3. The molecular formula is C14H18N4O7S. The summed E-state index contributed by atoms with van der Waals surface area (Å²) < 4.78 is 31.3. The van der Waals surface area contributed by atoms with Crippen LogP contribution in [0.4, 0.5) is 10.5 Å². The van der Waals surface area contributed by atoms with E-state index in [1.165, 1.54) is 17.4 Å². The van der Waals surface area contributed by atoms with Crippen molar-refractivity contribution in [2.24, 2.45) is 0 Å². The Morgan fingerprint density at radius 1 is 1.31 bits per heavy atom. The van der Waals surface area contributed by atoms with Crippen LogP contribution in [0.5, 0.6) is 5.75 Å². The third-order valence-corrected chi connectivity index (χ3v) is 5.56. The van der Waals surface area contributed by atoms with Crippen molar-refractivity contribution in [2.45, 2.75) is 17.7 Å². The molecule has 12 heteroatoms. The molecule has 0 bridgehead atoms. The number of carbonyl (C=O) groups is 2. The van der Waals surface area contributed by atoms with E-state index in [4.69, 9.17) is 4.74 Å². The van der Waals surface area contributed by atoms with E-state index >= 15 is 0 Å². The second-order valence-corrected chi connectivity index (χ2v) is 7.35. The Morgan fingerprint density at radius 2 is 1.96 bits per heavy atom. The molecule has 0 saturated carbocycles. The van der Waals surface area contributed by atoms with Crippen LogP contribution in [0.15, 0.2) is 23.1 Å². The maximum Gasteiger partial charge on any atom is 0.321 e. The number of benzene rings is 1. The third-order valence-electron chi connectivity index (χ3n) is 3.67. The first-order valence-corrected chi connectivity index (χ1v) is 9.12. The highest BCUT2D eigenvalue weighted by Crippen LogP contribution is 2.31.